The first kappa shape index (κ1) is 12.0. The van der Waals surface area contributed by atoms with Crippen LogP contribution in [-0.2, 0) is 4.79 Å². The van der Waals surface area contributed by atoms with Crippen molar-refractivity contribution < 1.29 is 9.21 Å². The smallest absolute Gasteiger partial charge is 0.408 e. The van der Waals surface area contributed by atoms with Crippen molar-refractivity contribution in [1.29, 1.82) is 0 Å². The molecule has 2 unspecified atom stereocenters. The van der Waals surface area contributed by atoms with E-state index in [4.69, 9.17) is 4.42 Å². The molecule has 2 aromatic rings. The Kier molecular flexibility index (Phi) is 2.87. The number of benzene rings is 1. The van der Waals surface area contributed by atoms with Crippen LogP contribution < -0.4 is 16.4 Å². The van der Waals surface area contributed by atoms with Crippen molar-refractivity contribution in [2.45, 2.75) is 6.92 Å². The highest BCUT2D eigenvalue weighted by molar-refractivity contribution is 5.94. The SMILES string of the molecule is CC1CNCC1C(=O)Nc1ccc2oc(=O)[nH]c2c1. The van der Waals surface area contributed by atoms with Gasteiger partial charge in [0.1, 0.15) is 0 Å². The van der Waals surface area contributed by atoms with Gasteiger partial charge in [-0.3, -0.25) is 9.78 Å². The van der Waals surface area contributed by atoms with Crippen LogP contribution in [-0.4, -0.2) is 24.0 Å². The summed E-state index contributed by atoms with van der Waals surface area (Å²) < 4.78 is 4.91. The first-order valence-corrected chi connectivity index (χ1v) is 6.28. The molecule has 1 saturated heterocycles. The first-order chi connectivity index (χ1) is 9.13. The van der Waals surface area contributed by atoms with E-state index in [1.165, 1.54) is 0 Å². The van der Waals surface area contributed by atoms with Gasteiger partial charge in [0, 0.05) is 12.2 Å². The molecule has 0 aliphatic carbocycles. The predicted molar refractivity (Wildman–Crippen MR) is 71.0 cm³/mol. The number of rotatable bonds is 2. The summed E-state index contributed by atoms with van der Waals surface area (Å²) in [5.41, 5.74) is 1.73. The summed E-state index contributed by atoms with van der Waals surface area (Å²) in [5, 5.41) is 6.07. The highest BCUT2D eigenvalue weighted by atomic mass is 16.4. The molecule has 1 amide bonds. The van der Waals surface area contributed by atoms with Gasteiger partial charge >= 0.3 is 5.76 Å². The van der Waals surface area contributed by atoms with E-state index in [-0.39, 0.29) is 11.8 Å². The molecular weight excluding hydrogens is 246 g/mol. The number of amides is 1. The van der Waals surface area contributed by atoms with Crippen LogP contribution in [0.25, 0.3) is 11.1 Å². The zero-order chi connectivity index (χ0) is 13.4. The minimum atomic E-state index is -0.493. The standard InChI is InChI=1S/C13H15N3O3/c1-7-5-14-6-9(7)12(17)15-8-2-3-11-10(4-8)16-13(18)19-11/h2-4,7,9,14H,5-6H2,1H3,(H,15,17)(H,16,18). The Morgan fingerprint density at radius 1 is 1.42 bits per heavy atom. The van der Waals surface area contributed by atoms with Gasteiger partial charge in [0.05, 0.1) is 11.4 Å². The minimum Gasteiger partial charge on any atom is -0.408 e. The Morgan fingerprint density at radius 2 is 2.26 bits per heavy atom. The number of carbonyl (C=O) groups excluding carboxylic acids is 1. The highest BCUT2D eigenvalue weighted by Gasteiger charge is 2.29. The van der Waals surface area contributed by atoms with E-state index >= 15 is 0 Å². The summed E-state index contributed by atoms with van der Waals surface area (Å²) >= 11 is 0. The Morgan fingerprint density at radius 3 is 3.00 bits per heavy atom. The number of nitrogens with one attached hydrogen (secondary N) is 3. The molecule has 3 rings (SSSR count). The summed E-state index contributed by atoms with van der Waals surface area (Å²) in [5.74, 6) is -0.175. The number of oxazole rings is 1. The molecule has 2 heterocycles. The van der Waals surface area contributed by atoms with Gasteiger partial charge in [-0.2, -0.15) is 0 Å². The van der Waals surface area contributed by atoms with Crippen LogP contribution in [0.4, 0.5) is 5.69 Å². The molecule has 1 aromatic carbocycles. The first-order valence-electron chi connectivity index (χ1n) is 6.28. The molecule has 1 aliphatic rings. The maximum atomic E-state index is 12.1. The number of carbonyl (C=O) groups is 1. The van der Waals surface area contributed by atoms with Gasteiger partial charge in [-0.05, 0) is 30.7 Å². The zero-order valence-electron chi connectivity index (χ0n) is 10.5. The Labute approximate surface area is 109 Å². The average Bonchev–Trinajstić information content (AvgIpc) is 2.93. The summed E-state index contributed by atoms with van der Waals surface area (Å²) in [7, 11) is 0. The summed E-state index contributed by atoms with van der Waals surface area (Å²) in [6.45, 7) is 3.63. The third-order valence-corrected chi connectivity index (χ3v) is 3.54. The molecule has 1 fully saturated rings. The van der Waals surface area contributed by atoms with Gasteiger partial charge in [-0.1, -0.05) is 6.92 Å². The van der Waals surface area contributed by atoms with Crippen LogP contribution in [0.5, 0.6) is 0 Å². The molecule has 19 heavy (non-hydrogen) atoms. The fraction of sp³-hybridized carbons (Fsp3) is 0.385. The van der Waals surface area contributed by atoms with Crippen molar-refractivity contribution in [3.8, 4) is 0 Å². The third kappa shape index (κ3) is 2.26. The largest absolute Gasteiger partial charge is 0.417 e. The van der Waals surface area contributed by atoms with Crippen molar-refractivity contribution in [3.05, 3.63) is 28.7 Å². The van der Waals surface area contributed by atoms with Gasteiger partial charge < -0.3 is 15.1 Å². The van der Waals surface area contributed by atoms with E-state index in [0.29, 0.717) is 29.2 Å². The zero-order valence-corrected chi connectivity index (χ0v) is 10.5. The maximum absolute atomic E-state index is 12.1. The Bertz CT molecular complexity index is 673. The molecule has 1 aliphatic heterocycles. The van der Waals surface area contributed by atoms with Crippen LogP contribution in [0.15, 0.2) is 27.4 Å². The third-order valence-electron chi connectivity index (χ3n) is 3.54. The van der Waals surface area contributed by atoms with Crippen LogP contribution in [0.1, 0.15) is 6.92 Å². The normalized spacial score (nSPS) is 22.8. The molecule has 0 radical (unpaired) electrons. The van der Waals surface area contributed by atoms with Crippen LogP contribution in [0.2, 0.25) is 0 Å². The predicted octanol–water partition coefficient (Wildman–Crippen LogP) is 0.915. The lowest BCUT2D eigenvalue weighted by molar-refractivity contribution is -0.120. The van der Waals surface area contributed by atoms with Gasteiger partial charge in [0.2, 0.25) is 5.91 Å². The Balaban J connectivity index is 1.80. The monoisotopic (exact) mass is 261 g/mol. The quantitative estimate of drug-likeness (QED) is 0.750. The number of H-pyrrole nitrogens is 1. The van der Waals surface area contributed by atoms with Crippen LogP contribution in [0.3, 0.4) is 0 Å². The fourth-order valence-electron chi connectivity index (χ4n) is 2.43. The van der Waals surface area contributed by atoms with E-state index in [1.54, 1.807) is 18.2 Å². The molecule has 3 N–H and O–H groups in total. The lowest BCUT2D eigenvalue weighted by atomic mass is 9.97. The van der Waals surface area contributed by atoms with Crippen LogP contribution in [0, 0.1) is 11.8 Å². The van der Waals surface area contributed by atoms with Gasteiger partial charge in [0.15, 0.2) is 5.58 Å². The minimum absolute atomic E-state index is 0.00249. The molecule has 6 heteroatoms. The molecule has 0 spiro atoms. The second-order valence-corrected chi connectivity index (χ2v) is 4.96. The van der Waals surface area contributed by atoms with E-state index in [9.17, 15) is 9.59 Å². The topological polar surface area (TPSA) is 87.1 Å². The molecule has 2 atom stereocenters. The lowest BCUT2D eigenvalue weighted by Crippen LogP contribution is -2.27. The number of anilines is 1. The van der Waals surface area contributed by atoms with Crippen molar-refractivity contribution in [2.24, 2.45) is 11.8 Å². The van der Waals surface area contributed by atoms with Gasteiger partial charge in [-0.25, -0.2) is 4.79 Å². The molecule has 0 bridgehead atoms. The van der Waals surface area contributed by atoms with Crippen molar-refractivity contribution in [3.63, 3.8) is 0 Å². The lowest BCUT2D eigenvalue weighted by Gasteiger charge is -2.14. The second kappa shape index (κ2) is 4.55. The molecular formula is C13H15N3O3. The number of aromatic amines is 1. The molecule has 6 nitrogen and oxygen atoms in total. The number of hydrogen-bond acceptors (Lipinski definition) is 4. The second-order valence-electron chi connectivity index (χ2n) is 4.96. The van der Waals surface area contributed by atoms with Crippen molar-refractivity contribution in [1.82, 2.24) is 10.3 Å². The summed E-state index contributed by atoms with van der Waals surface area (Å²) in [6.07, 6.45) is 0. The Hall–Kier alpha value is -2.08. The molecule has 100 valence electrons. The summed E-state index contributed by atoms with van der Waals surface area (Å²) in [6, 6.07) is 5.09. The van der Waals surface area contributed by atoms with Crippen molar-refractivity contribution in [2.75, 3.05) is 18.4 Å². The van der Waals surface area contributed by atoms with E-state index in [0.717, 1.165) is 6.54 Å². The van der Waals surface area contributed by atoms with Gasteiger partial charge in [-0.15, -0.1) is 0 Å². The van der Waals surface area contributed by atoms with E-state index < -0.39 is 5.76 Å². The van der Waals surface area contributed by atoms with Gasteiger partial charge in [0.25, 0.3) is 0 Å². The average molecular weight is 261 g/mol. The maximum Gasteiger partial charge on any atom is 0.417 e. The van der Waals surface area contributed by atoms with Crippen LogP contribution >= 0.6 is 0 Å². The number of fused-ring (bicyclic) bond motifs is 1. The van der Waals surface area contributed by atoms with E-state index in [2.05, 4.69) is 22.5 Å². The molecule has 0 saturated carbocycles. The fourth-order valence-corrected chi connectivity index (χ4v) is 2.43. The molecule has 1 aromatic heterocycles. The van der Waals surface area contributed by atoms with Crippen molar-refractivity contribution >= 4 is 22.7 Å². The number of aromatic nitrogens is 1. The number of hydrogen-bond donors (Lipinski definition) is 3. The summed E-state index contributed by atoms with van der Waals surface area (Å²) in [4.78, 5) is 25.7. The van der Waals surface area contributed by atoms with E-state index in [1.807, 2.05) is 0 Å². The highest BCUT2D eigenvalue weighted by Crippen LogP contribution is 2.20.